The van der Waals surface area contributed by atoms with Crippen LogP contribution in [0.1, 0.15) is 11.1 Å². The van der Waals surface area contributed by atoms with Crippen LogP contribution in [0.25, 0.3) is 0 Å². The van der Waals surface area contributed by atoms with Gasteiger partial charge in [-0.3, -0.25) is 0 Å². The molecule has 1 N–H and O–H groups in total. The number of hydrogen-bond acceptors (Lipinski definition) is 3. The first-order valence-electron chi connectivity index (χ1n) is 6.53. The van der Waals surface area contributed by atoms with Gasteiger partial charge in [-0.25, -0.2) is 0 Å². The summed E-state index contributed by atoms with van der Waals surface area (Å²) >= 11 is 12.1. The highest BCUT2D eigenvalue weighted by molar-refractivity contribution is 6.35. The van der Waals surface area contributed by atoms with Gasteiger partial charge < -0.3 is 14.8 Å². The SMILES string of the molecule is CNCc1cccc(OC)c1OCc1ccc(Cl)cc1Cl.Cl. The van der Waals surface area contributed by atoms with E-state index >= 15 is 0 Å². The Kier molecular flexibility index (Phi) is 7.83. The van der Waals surface area contributed by atoms with Gasteiger partial charge >= 0.3 is 0 Å². The van der Waals surface area contributed by atoms with Crippen molar-refractivity contribution in [1.29, 1.82) is 0 Å². The molecule has 0 heterocycles. The van der Waals surface area contributed by atoms with Gasteiger partial charge in [-0.1, -0.05) is 41.4 Å². The molecule has 0 fully saturated rings. The zero-order valence-corrected chi connectivity index (χ0v) is 14.7. The van der Waals surface area contributed by atoms with Crippen LogP contribution in [0, 0.1) is 0 Å². The molecule has 2 rings (SSSR count). The number of hydrogen-bond donors (Lipinski definition) is 1. The third kappa shape index (κ3) is 4.68. The number of para-hydroxylation sites is 1. The average molecular weight is 363 g/mol. The van der Waals surface area contributed by atoms with Crippen molar-refractivity contribution in [2.75, 3.05) is 14.2 Å². The zero-order valence-electron chi connectivity index (χ0n) is 12.4. The number of nitrogens with one attached hydrogen (secondary N) is 1. The molecule has 0 radical (unpaired) electrons. The van der Waals surface area contributed by atoms with Crippen molar-refractivity contribution in [2.45, 2.75) is 13.2 Å². The van der Waals surface area contributed by atoms with Gasteiger partial charge in [0.1, 0.15) is 6.61 Å². The molecule has 120 valence electrons. The Balaban J connectivity index is 0.00000242. The summed E-state index contributed by atoms with van der Waals surface area (Å²) in [6.45, 7) is 1.05. The number of methoxy groups -OCH3 is 1. The minimum atomic E-state index is 0. The van der Waals surface area contributed by atoms with Crippen molar-refractivity contribution in [1.82, 2.24) is 5.32 Å². The molecular formula is C16H18Cl3NO2. The average Bonchev–Trinajstić information content (AvgIpc) is 2.47. The van der Waals surface area contributed by atoms with Crippen LogP contribution in [-0.2, 0) is 13.2 Å². The highest BCUT2D eigenvalue weighted by atomic mass is 35.5. The minimum Gasteiger partial charge on any atom is -0.493 e. The van der Waals surface area contributed by atoms with Gasteiger partial charge in [0.15, 0.2) is 11.5 Å². The summed E-state index contributed by atoms with van der Waals surface area (Å²) in [6.07, 6.45) is 0. The lowest BCUT2D eigenvalue weighted by molar-refractivity contribution is 0.281. The van der Waals surface area contributed by atoms with E-state index in [0.717, 1.165) is 16.9 Å². The van der Waals surface area contributed by atoms with E-state index in [2.05, 4.69) is 5.32 Å². The molecule has 2 aromatic rings. The predicted molar refractivity (Wildman–Crippen MR) is 93.8 cm³/mol. The first-order valence-corrected chi connectivity index (χ1v) is 7.28. The lowest BCUT2D eigenvalue weighted by Gasteiger charge is -2.15. The molecule has 0 saturated heterocycles. The molecule has 6 heteroatoms. The highest BCUT2D eigenvalue weighted by Gasteiger charge is 2.11. The molecule has 22 heavy (non-hydrogen) atoms. The normalized spacial score (nSPS) is 10.0. The van der Waals surface area contributed by atoms with E-state index in [9.17, 15) is 0 Å². The summed E-state index contributed by atoms with van der Waals surface area (Å²) < 4.78 is 11.3. The van der Waals surface area contributed by atoms with Crippen molar-refractivity contribution in [3.63, 3.8) is 0 Å². The number of rotatable bonds is 6. The van der Waals surface area contributed by atoms with Crippen LogP contribution in [0.5, 0.6) is 11.5 Å². The maximum absolute atomic E-state index is 6.16. The van der Waals surface area contributed by atoms with Gasteiger partial charge in [0.2, 0.25) is 0 Å². The third-order valence-corrected chi connectivity index (χ3v) is 3.62. The third-order valence-electron chi connectivity index (χ3n) is 3.03. The summed E-state index contributed by atoms with van der Waals surface area (Å²) in [5, 5.41) is 4.31. The molecular weight excluding hydrogens is 345 g/mol. The van der Waals surface area contributed by atoms with Crippen LogP contribution in [0.4, 0.5) is 0 Å². The molecule has 3 nitrogen and oxygen atoms in total. The Morgan fingerprint density at radius 1 is 1.09 bits per heavy atom. The second-order valence-electron chi connectivity index (χ2n) is 4.50. The maximum Gasteiger partial charge on any atom is 0.166 e. The van der Waals surface area contributed by atoms with Crippen LogP contribution in [0.3, 0.4) is 0 Å². The van der Waals surface area contributed by atoms with Crippen molar-refractivity contribution < 1.29 is 9.47 Å². The smallest absolute Gasteiger partial charge is 0.166 e. The van der Waals surface area contributed by atoms with E-state index in [1.54, 1.807) is 19.2 Å². The van der Waals surface area contributed by atoms with Crippen LogP contribution in [0.2, 0.25) is 10.0 Å². The molecule has 0 aliphatic rings. The fourth-order valence-corrected chi connectivity index (χ4v) is 2.47. The Morgan fingerprint density at radius 2 is 1.86 bits per heavy atom. The molecule has 0 aliphatic heterocycles. The van der Waals surface area contributed by atoms with Gasteiger partial charge in [-0.05, 0) is 25.2 Å². The van der Waals surface area contributed by atoms with Crippen molar-refractivity contribution >= 4 is 35.6 Å². The molecule has 0 aromatic heterocycles. The molecule has 0 spiro atoms. The molecule has 0 atom stereocenters. The standard InChI is InChI=1S/C16H17Cl2NO2.ClH/c1-19-9-11-4-3-5-15(20-2)16(11)21-10-12-6-7-13(17)8-14(12)18;/h3-8,19H,9-10H2,1-2H3;1H. The Labute approximate surface area is 146 Å². The van der Waals surface area contributed by atoms with E-state index in [-0.39, 0.29) is 12.4 Å². The van der Waals surface area contributed by atoms with Crippen LogP contribution >= 0.6 is 35.6 Å². The van der Waals surface area contributed by atoms with E-state index in [4.69, 9.17) is 32.7 Å². The Hall–Kier alpha value is -1.13. The van der Waals surface area contributed by atoms with Gasteiger partial charge in [-0.15, -0.1) is 12.4 Å². The molecule has 2 aromatic carbocycles. The van der Waals surface area contributed by atoms with Crippen LogP contribution < -0.4 is 14.8 Å². The monoisotopic (exact) mass is 361 g/mol. The lowest BCUT2D eigenvalue weighted by atomic mass is 10.1. The van der Waals surface area contributed by atoms with E-state index < -0.39 is 0 Å². The summed E-state index contributed by atoms with van der Waals surface area (Å²) in [5.74, 6) is 1.42. The van der Waals surface area contributed by atoms with Gasteiger partial charge in [0, 0.05) is 27.7 Å². The summed E-state index contributed by atoms with van der Waals surface area (Å²) in [4.78, 5) is 0. The first kappa shape index (κ1) is 18.9. The largest absolute Gasteiger partial charge is 0.493 e. The van der Waals surface area contributed by atoms with E-state index in [0.29, 0.717) is 28.9 Å². The second-order valence-corrected chi connectivity index (χ2v) is 5.35. The Bertz CT molecular complexity index is 620. The summed E-state index contributed by atoms with van der Waals surface area (Å²) in [7, 11) is 3.51. The number of halogens is 3. The molecule has 0 unspecified atom stereocenters. The van der Waals surface area contributed by atoms with Gasteiger partial charge in [-0.2, -0.15) is 0 Å². The van der Waals surface area contributed by atoms with Crippen LogP contribution in [-0.4, -0.2) is 14.2 Å². The molecule has 0 saturated carbocycles. The van der Waals surface area contributed by atoms with E-state index in [1.165, 1.54) is 0 Å². The van der Waals surface area contributed by atoms with Gasteiger partial charge in [0.05, 0.1) is 7.11 Å². The van der Waals surface area contributed by atoms with Crippen molar-refractivity contribution in [2.24, 2.45) is 0 Å². The highest BCUT2D eigenvalue weighted by Crippen LogP contribution is 2.32. The minimum absolute atomic E-state index is 0. The topological polar surface area (TPSA) is 30.5 Å². The fraction of sp³-hybridized carbons (Fsp3) is 0.250. The zero-order chi connectivity index (χ0) is 15.2. The second kappa shape index (κ2) is 9.11. The lowest BCUT2D eigenvalue weighted by Crippen LogP contribution is -2.08. The quantitative estimate of drug-likeness (QED) is 0.806. The summed E-state index contributed by atoms with van der Waals surface area (Å²) in [6, 6.07) is 11.2. The number of ether oxygens (including phenoxy) is 2. The fourth-order valence-electron chi connectivity index (χ4n) is 2.00. The predicted octanol–water partition coefficient (Wildman–Crippen LogP) is 4.72. The summed E-state index contributed by atoms with van der Waals surface area (Å²) in [5.41, 5.74) is 1.91. The first-order chi connectivity index (χ1) is 10.2. The number of benzene rings is 2. The maximum atomic E-state index is 6.16. The van der Waals surface area contributed by atoms with Crippen LogP contribution in [0.15, 0.2) is 36.4 Å². The molecule has 0 amide bonds. The van der Waals surface area contributed by atoms with Crippen molar-refractivity contribution in [3.05, 3.63) is 57.6 Å². The van der Waals surface area contributed by atoms with Crippen molar-refractivity contribution in [3.8, 4) is 11.5 Å². The van der Waals surface area contributed by atoms with Gasteiger partial charge in [0.25, 0.3) is 0 Å². The Morgan fingerprint density at radius 3 is 2.50 bits per heavy atom. The molecule has 0 bridgehead atoms. The molecule has 0 aliphatic carbocycles. The van der Waals surface area contributed by atoms with E-state index in [1.807, 2.05) is 31.3 Å².